The summed E-state index contributed by atoms with van der Waals surface area (Å²) in [6, 6.07) is 7.06. The van der Waals surface area contributed by atoms with Crippen LogP contribution in [0, 0.1) is 11.8 Å². The van der Waals surface area contributed by atoms with E-state index in [1.54, 1.807) is 12.1 Å². The Hall–Kier alpha value is -1.88. The Balaban J connectivity index is 1.81. The summed E-state index contributed by atoms with van der Waals surface area (Å²) in [5, 5.41) is 7.78. The molecule has 0 bridgehead atoms. The average molecular weight is 348 g/mol. The molecular weight excluding hydrogens is 326 g/mol. The van der Waals surface area contributed by atoms with E-state index < -0.39 is 0 Å². The molecule has 2 unspecified atom stereocenters. The van der Waals surface area contributed by atoms with Crippen molar-refractivity contribution in [2.24, 2.45) is 11.8 Å². The molecule has 5 nitrogen and oxygen atoms in total. The summed E-state index contributed by atoms with van der Waals surface area (Å²) < 4.78 is 5.46. The monoisotopic (exact) mass is 347 g/mol. The number of hydrogen-bond acceptors (Lipinski definition) is 4. The molecule has 1 aliphatic carbocycles. The van der Waals surface area contributed by atoms with Gasteiger partial charge in [-0.15, -0.1) is 0 Å². The van der Waals surface area contributed by atoms with Gasteiger partial charge in [-0.3, -0.25) is 4.79 Å². The van der Waals surface area contributed by atoms with Crippen molar-refractivity contribution < 1.29 is 9.32 Å². The number of rotatable bonds is 6. The Kier molecular flexibility index (Phi) is 5.19. The number of hydrogen-bond donors (Lipinski definition) is 1. The van der Waals surface area contributed by atoms with Crippen LogP contribution in [0.4, 0.5) is 0 Å². The normalized spacial score (nSPS) is 17.1. The van der Waals surface area contributed by atoms with Crippen LogP contribution in [-0.4, -0.2) is 16.0 Å². The molecule has 3 rings (SSSR count). The predicted octanol–water partition coefficient (Wildman–Crippen LogP) is 4.39. The van der Waals surface area contributed by atoms with Crippen LogP contribution < -0.4 is 5.32 Å². The molecule has 128 valence electrons. The van der Waals surface area contributed by atoms with Gasteiger partial charge in [0.15, 0.2) is 0 Å². The third kappa shape index (κ3) is 3.61. The first-order chi connectivity index (χ1) is 11.6. The lowest BCUT2D eigenvalue weighted by Crippen LogP contribution is -2.39. The molecule has 1 heterocycles. The predicted molar refractivity (Wildman–Crippen MR) is 92.4 cm³/mol. The van der Waals surface area contributed by atoms with Crippen LogP contribution in [0.15, 0.2) is 28.8 Å². The van der Waals surface area contributed by atoms with Crippen molar-refractivity contribution >= 4 is 17.5 Å². The van der Waals surface area contributed by atoms with Crippen molar-refractivity contribution in [1.82, 2.24) is 15.5 Å². The van der Waals surface area contributed by atoms with E-state index in [9.17, 15) is 4.79 Å². The Morgan fingerprint density at radius 3 is 2.88 bits per heavy atom. The van der Waals surface area contributed by atoms with Gasteiger partial charge < -0.3 is 9.84 Å². The van der Waals surface area contributed by atoms with Crippen LogP contribution in [0.25, 0.3) is 11.4 Å². The number of nitrogens with one attached hydrogen (secondary N) is 1. The first-order valence-electron chi connectivity index (χ1n) is 8.48. The number of amides is 1. The van der Waals surface area contributed by atoms with Gasteiger partial charge in [-0.1, -0.05) is 55.6 Å². The van der Waals surface area contributed by atoms with Crippen LogP contribution in [0.5, 0.6) is 0 Å². The van der Waals surface area contributed by atoms with E-state index in [0.717, 1.165) is 31.2 Å². The van der Waals surface area contributed by atoms with E-state index in [2.05, 4.69) is 29.3 Å². The van der Waals surface area contributed by atoms with E-state index in [1.807, 2.05) is 12.1 Å². The van der Waals surface area contributed by atoms with Gasteiger partial charge in [0.25, 0.3) is 0 Å². The van der Waals surface area contributed by atoms with Gasteiger partial charge in [-0.05, 0) is 30.9 Å². The van der Waals surface area contributed by atoms with Crippen molar-refractivity contribution in [3.05, 3.63) is 35.2 Å². The first-order valence-corrected chi connectivity index (χ1v) is 8.86. The van der Waals surface area contributed by atoms with Gasteiger partial charge in [-0.25, -0.2) is 0 Å². The molecule has 1 fully saturated rings. The lowest BCUT2D eigenvalue weighted by molar-refractivity contribution is -0.128. The van der Waals surface area contributed by atoms with Crippen LogP contribution in [0.3, 0.4) is 0 Å². The van der Waals surface area contributed by atoms with Crippen molar-refractivity contribution in [2.75, 3.05) is 0 Å². The van der Waals surface area contributed by atoms with Crippen LogP contribution in [0.1, 0.15) is 51.5 Å². The minimum Gasteiger partial charge on any atom is -0.344 e. The number of aromatic nitrogens is 2. The molecule has 1 aromatic heterocycles. The largest absolute Gasteiger partial charge is 0.344 e. The zero-order valence-corrected chi connectivity index (χ0v) is 14.7. The second kappa shape index (κ2) is 7.34. The van der Waals surface area contributed by atoms with Crippen LogP contribution in [-0.2, 0) is 4.79 Å². The molecule has 1 aromatic carbocycles. The van der Waals surface area contributed by atoms with E-state index in [4.69, 9.17) is 16.1 Å². The lowest BCUT2D eigenvalue weighted by Gasteiger charge is -2.28. The maximum atomic E-state index is 12.3. The Bertz CT molecular complexity index is 712. The smallest absolute Gasteiger partial charge is 0.249 e. The number of halogens is 1. The van der Waals surface area contributed by atoms with Gasteiger partial charge in [0, 0.05) is 16.5 Å². The maximum absolute atomic E-state index is 12.3. The molecule has 0 saturated heterocycles. The Morgan fingerprint density at radius 1 is 1.46 bits per heavy atom. The number of carbonyl (C=O) groups is 1. The SMILES string of the molecule is CCC(C)C(NC(=O)C1CCC1)c1nc(-c2cccc(Cl)c2)no1. The van der Waals surface area contributed by atoms with E-state index in [1.165, 1.54) is 0 Å². The highest BCUT2D eigenvalue weighted by atomic mass is 35.5. The highest BCUT2D eigenvalue weighted by Gasteiger charge is 2.31. The van der Waals surface area contributed by atoms with Gasteiger partial charge in [-0.2, -0.15) is 4.98 Å². The highest BCUT2D eigenvalue weighted by Crippen LogP contribution is 2.30. The minimum absolute atomic E-state index is 0.0917. The summed E-state index contributed by atoms with van der Waals surface area (Å²) in [7, 11) is 0. The quantitative estimate of drug-likeness (QED) is 0.841. The molecular formula is C18H22ClN3O2. The zero-order valence-electron chi connectivity index (χ0n) is 14.0. The molecule has 2 atom stereocenters. The molecule has 6 heteroatoms. The molecule has 0 spiro atoms. The van der Waals surface area contributed by atoms with Crippen molar-refractivity contribution in [1.29, 1.82) is 0 Å². The Labute approximate surface area is 146 Å². The third-order valence-corrected chi connectivity index (χ3v) is 5.01. The molecule has 1 amide bonds. The number of nitrogens with zero attached hydrogens (tertiary/aromatic N) is 2. The third-order valence-electron chi connectivity index (χ3n) is 4.78. The van der Waals surface area contributed by atoms with E-state index in [0.29, 0.717) is 16.7 Å². The summed E-state index contributed by atoms with van der Waals surface area (Å²) in [6.07, 6.45) is 3.98. The molecule has 0 aliphatic heterocycles. The summed E-state index contributed by atoms with van der Waals surface area (Å²) in [6.45, 7) is 4.16. The van der Waals surface area contributed by atoms with E-state index >= 15 is 0 Å². The fourth-order valence-electron chi connectivity index (χ4n) is 2.73. The number of carbonyl (C=O) groups excluding carboxylic acids is 1. The van der Waals surface area contributed by atoms with E-state index in [-0.39, 0.29) is 23.8 Å². The zero-order chi connectivity index (χ0) is 17.1. The maximum Gasteiger partial charge on any atom is 0.249 e. The van der Waals surface area contributed by atoms with Gasteiger partial charge in [0.2, 0.25) is 17.6 Å². The van der Waals surface area contributed by atoms with Crippen molar-refractivity contribution in [2.45, 2.75) is 45.6 Å². The summed E-state index contributed by atoms with van der Waals surface area (Å²) >= 11 is 6.02. The van der Waals surface area contributed by atoms with Crippen LogP contribution >= 0.6 is 11.6 Å². The lowest BCUT2D eigenvalue weighted by atomic mass is 9.84. The minimum atomic E-state index is -0.261. The van der Waals surface area contributed by atoms with Crippen LogP contribution in [0.2, 0.25) is 5.02 Å². The van der Waals surface area contributed by atoms with Gasteiger partial charge in [0.1, 0.15) is 6.04 Å². The Morgan fingerprint density at radius 2 is 2.25 bits per heavy atom. The van der Waals surface area contributed by atoms with Gasteiger partial charge >= 0.3 is 0 Å². The molecule has 1 aliphatic rings. The first kappa shape index (κ1) is 17.0. The molecule has 1 saturated carbocycles. The van der Waals surface area contributed by atoms with Gasteiger partial charge in [0.05, 0.1) is 0 Å². The standard InChI is InChI=1S/C18H22ClN3O2/c1-3-11(2)15(20-17(23)12-6-4-7-12)18-21-16(22-24-18)13-8-5-9-14(19)10-13/h5,8-12,15H,3-4,6-7H2,1-2H3,(H,20,23). The highest BCUT2D eigenvalue weighted by molar-refractivity contribution is 6.30. The molecule has 2 aromatic rings. The van der Waals surface area contributed by atoms with Crippen molar-refractivity contribution in [3.63, 3.8) is 0 Å². The fourth-order valence-corrected chi connectivity index (χ4v) is 2.92. The summed E-state index contributed by atoms with van der Waals surface area (Å²) in [5.74, 6) is 1.37. The number of benzene rings is 1. The molecule has 1 N–H and O–H groups in total. The molecule has 0 radical (unpaired) electrons. The van der Waals surface area contributed by atoms with Crippen molar-refractivity contribution in [3.8, 4) is 11.4 Å². The average Bonchev–Trinajstić information content (AvgIpc) is 3.00. The second-order valence-corrected chi connectivity index (χ2v) is 6.90. The summed E-state index contributed by atoms with van der Waals surface area (Å²) in [4.78, 5) is 16.8. The fraction of sp³-hybridized carbons (Fsp3) is 0.500. The molecule has 24 heavy (non-hydrogen) atoms. The summed E-state index contributed by atoms with van der Waals surface area (Å²) in [5.41, 5.74) is 0.797. The second-order valence-electron chi connectivity index (χ2n) is 6.47. The topological polar surface area (TPSA) is 68.0 Å².